The summed E-state index contributed by atoms with van der Waals surface area (Å²) in [4.78, 5) is 27.1. The first kappa shape index (κ1) is 30.1. The molecule has 12 nitrogen and oxygen atoms in total. The zero-order valence-corrected chi connectivity index (χ0v) is 25.9. The molecular formula is C30H24N10O2S3. The molecule has 0 aliphatic rings. The number of aromatic nitrogens is 8. The van der Waals surface area contributed by atoms with Crippen molar-refractivity contribution in [3.05, 3.63) is 109 Å². The molecule has 0 unspecified atom stereocenters. The van der Waals surface area contributed by atoms with E-state index in [-0.39, 0.29) is 23.3 Å². The Labute approximate surface area is 270 Å². The summed E-state index contributed by atoms with van der Waals surface area (Å²) in [5.41, 5.74) is 3.04. The minimum atomic E-state index is -0.159. The van der Waals surface area contributed by atoms with E-state index in [0.29, 0.717) is 21.7 Å². The average molecular weight is 653 g/mol. The van der Waals surface area contributed by atoms with Gasteiger partial charge < -0.3 is 10.6 Å². The summed E-state index contributed by atoms with van der Waals surface area (Å²) in [5, 5.41) is 30.4. The summed E-state index contributed by atoms with van der Waals surface area (Å²) >= 11 is 4.10. The molecular weight excluding hydrogens is 629 g/mol. The molecule has 224 valence electrons. The Hall–Kier alpha value is -4.99. The van der Waals surface area contributed by atoms with E-state index in [1.807, 2.05) is 109 Å². The Balaban J connectivity index is 0.952. The predicted molar refractivity (Wildman–Crippen MR) is 174 cm³/mol. The lowest BCUT2D eigenvalue weighted by atomic mass is 10.3. The molecule has 0 bridgehead atoms. The molecule has 0 radical (unpaired) electrons. The number of nitrogens with zero attached hydrogens (tertiary/aromatic N) is 8. The minimum absolute atomic E-state index is 0.159. The average Bonchev–Trinajstić information content (AvgIpc) is 3.76. The number of anilines is 2. The van der Waals surface area contributed by atoms with Crippen LogP contribution in [0, 0.1) is 0 Å². The highest BCUT2D eigenvalue weighted by Crippen LogP contribution is 2.30. The third kappa shape index (κ3) is 8.14. The first-order valence-electron chi connectivity index (χ1n) is 13.5. The summed E-state index contributed by atoms with van der Waals surface area (Å²) in [5.74, 6) is 0.0119. The molecule has 4 aromatic carbocycles. The second kappa shape index (κ2) is 14.7. The quantitative estimate of drug-likeness (QED) is 0.167. The standard InChI is InChI=1S/C30H24N10O2S3/c41-27(19-43-29-33-35-37-39(29)23-7-3-1-4-8-23)31-21-11-15-25(16-12-21)45-26-17-13-22(14-18-26)32-28(42)20-44-30-34-36-38-40(30)24-9-5-2-6-10-24/h1-18H,19-20H2,(H,31,41)(H,32,42). The number of hydrogen-bond acceptors (Lipinski definition) is 11. The van der Waals surface area contributed by atoms with Gasteiger partial charge in [-0.25, -0.2) is 0 Å². The summed E-state index contributed by atoms with van der Waals surface area (Å²) in [6.07, 6.45) is 0. The zero-order valence-electron chi connectivity index (χ0n) is 23.4. The Morgan fingerprint density at radius 1 is 0.556 bits per heavy atom. The fraction of sp³-hybridized carbons (Fsp3) is 0.0667. The van der Waals surface area contributed by atoms with Crippen molar-refractivity contribution in [2.75, 3.05) is 22.1 Å². The fourth-order valence-electron chi connectivity index (χ4n) is 4.00. The normalized spacial score (nSPS) is 10.8. The van der Waals surface area contributed by atoms with Crippen molar-refractivity contribution in [2.45, 2.75) is 20.1 Å². The maximum atomic E-state index is 12.6. The van der Waals surface area contributed by atoms with Crippen LogP contribution in [-0.2, 0) is 9.59 Å². The first-order valence-corrected chi connectivity index (χ1v) is 16.3. The highest BCUT2D eigenvalue weighted by atomic mass is 32.2. The van der Waals surface area contributed by atoms with Crippen LogP contribution in [0.1, 0.15) is 0 Å². The van der Waals surface area contributed by atoms with E-state index in [1.54, 1.807) is 21.1 Å². The number of thioether (sulfide) groups is 2. The van der Waals surface area contributed by atoms with Gasteiger partial charge in [0.1, 0.15) is 0 Å². The second-order valence-corrected chi connectivity index (χ2v) is 12.3. The molecule has 0 spiro atoms. The molecule has 6 rings (SSSR count). The van der Waals surface area contributed by atoms with Gasteiger partial charge in [-0.1, -0.05) is 71.7 Å². The summed E-state index contributed by atoms with van der Waals surface area (Å²) in [6, 6.07) is 34.2. The first-order chi connectivity index (χ1) is 22.1. The van der Waals surface area contributed by atoms with E-state index in [9.17, 15) is 9.59 Å². The molecule has 15 heteroatoms. The highest BCUT2D eigenvalue weighted by Gasteiger charge is 2.13. The van der Waals surface area contributed by atoms with Gasteiger partial charge in [0.2, 0.25) is 22.1 Å². The van der Waals surface area contributed by atoms with Gasteiger partial charge in [0.05, 0.1) is 22.9 Å². The Kier molecular flexibility index (Phi) is 9.79. The number of carbonyl (C=O) groups is 2. The SMILES string of the molecule is O=C(CSc1nnnn1-c1ccccc1)Nc1ccc(Sc2ccc(NC(=O)CSc3nnnn3-c3ccccc3)cc2)cc1. The van der Waals surface area contributed by atoms with Gasteiger partial charge in [-0.3, -0.25) is 9.59 Å². The molecule has 0 aliphatic heterocycles. The van der Waals surface area contributed by atoms with Crippen molar-refractivity contribution < 1.29 is 9.59 Å². The number of carbonyl (C=O) groups excluding carboxylic acids is 2. The van der Waals surface area contributed by atoms with Crippen LogP contribution >= 0.6 is 35.3 Å². The number of nitrogens with one attached hydrogen (secondary N) is 2. The number of benzene rings is 4. The molecule has 0 fully saturated rings. The van der Waals surface area contributed by atoms with Gasteiger partial charge in [0, 0.05) is 21.2 Å². The molecule has 2 aromatic heterocycles. The molecule has 2 heterocycles. The summed E-state index contributed by atoms with van der Waals surface area (Å²) < 4.78 is 3.20. The smallest absolute Gasteiger partial charge is 0.234 e. The van der Waals surface area contributed by atoms with Gasteiger partial charge in [-0.2, -0.15) is 9.36 Å². The lowest BCUT2D eigenvalue weighted by Crippen LogP contribution is -2.14. The van der Waals surface area contributed by atoms with Crippen LogP contribution in [0.2, 0.25) is 0 Å². The molecule has 0 saturated heterocycles. The van der Waals surface area contributed by atoms with Gasteiger partial charge in [-0.05, 0) is 93.6 Å². The summed E-state index contributed by atoms with van der Waals surface area (Å²) in [6.45, 7) is 0. The Morgan fingerprint density at radius 2 is 0.956 bits per heavy atom. The zero-order chi connectivity index (χ0) is 30.8. The summed E-state index contributed by atoms with van der Waals surface area (Å²) in [7, 11) is 0. The van der Waals surface area contributed by atoms with Gasteiger partial charge in [-0.15, -0.1) is 10.2 Å². The maximum absolute atomic E-state index is 12.6. The van der Waals surface area contributed by atoms with E-state index in [0.717, 1.165) is 21.2 Å². The van der Waals surface area contributed by atoms with Gasteiger partial charge in [0.25, 0.3) is 0 Å². The molecule has 2 N–H and O–H groups in total. The fourth-order valence-corrected chi connectivity index (χ4v) is 6.20. The third-order valence-corrected chi connectivity index (χ3v) is 8.91. The number of hydrogen-bond donors (Lipinski definition) is 2. The minimum Gasteiger partial charge on any atom is -0.325 e. The number of para-hydroxylation sites is 2. The molecule has 6 aromatic rings. The predicted octanol–water partition coefficient (Wildman–Crippen LogP) is 5.25. The van der Waals surface area contributed by atoms with E-state index in [2.05, 4.69) is 41.7 Å². The largest absolute Gasteiger partial charge is 0.325 e. The second-order valence-electron chi connectivity index (χ2n) is 9.24. The van der Waals surface area contributed by atoms with E-state index < -0.39 is 0 Å². The molecule has 2 amide bonds. The van der Waals surface area contributed by atoms with Crippen molar-refractivity contribution in [1.29, 1.82) is 0 Å². The van der Waals surface area contributed by atoms with Crippen molar-refractivity contribution >= 4 is 58.5 Å². The topological polar surface area (TPSA) is 145 Å². The lowest BCUT2D eigenvalue weighted by molar-refractivity contribution is -0.114. The van der Waals surface area contributed by atoms with E-state index >= 15 is 0 Å². The van der Waals surface area contributed by atoms with Crippen molar-refractivity contribution in [1.82, 2.24) is 40.4 Å². The van der Waals surface area contributed by atoms with Crippen LogP contribution in [0.3, 0.4) is 0 Å². The van der Waals surface area contributed by atoms with Crippen LogP contribution in [-0.4, -0.2) is 63.7 Å². The van der Waals surface area contributed by atoms with Crippen LogP contribution in [0.4, 0.5) is 11.4 Å². The van der Waals surface area contributed by atoms with E-state index in [1.165, 1.54) is 23.5 Å². The van der Waals surface area contributed by atoms with Crippen molar-refractivity contribution in [3.8, 4) is 11.4 Å². The Morgan fingerprint density at radius 3 is 1.36 bits per heavy atom. The third-order valence-electron chi connectivity index (χ3n) is 6.06. The number of amides is 2. The maximum Gasteiger partial charge on any atom is 0.234 e. The van der Waals surface area contributed by atoms with Crippen LogP contribution in [0.15, 0.2) is 129 Å². The van der Waals surface area contributed by atoms with Crippen LogP contribution < -0.4 is 10.6 Å². The highest BCUT2D eigenvalue weighted by molar-refractivity contribution is 8.00. The monoisotopic (exact) mass is 652 g/mol. The van der Waals surface area contributed by atoms with Crippen molar-refractivity contribution in [2.24, 2.45) is 0 Å². The number of rotatable bonds is 12. The number of tetrazole rings is 2. The van der Waals surface area contributed by atoms with Crippen molar-refractivity contribution in [3.63, 3.8) is 0 Å². The van der Waals surface area contributed by atoms with Crippen LogP contribution in [0.5, 0.6) is 0 Å². The molecule has 0 saturated carbocycles. The van der Waals surface area contributed by atoms with Gasteiger partial charge in [0.15, 0.2) is 0 Å². The Bertz CT molecular complexity index is 1730. The lowest BCUT2D eigenvalue weighted by Gasteiger charge is -2.08. The molecule has 45 heavy (non-hydrogen) atoms. The molecule has 0 aliphatic carbocycles. The van der Waals surface area contributed by atoms with E-state index in [4.69, 9.17) is 0 Å². The van der Waals surface area contributed by atoms with Gasteiger partial charge >= 0.3 is 0 Å². The molecule has 0 atom stereocenters. The van der Waals surface area contributed by atoms with Crippen LogP contribution in [0.25, 0.3) is 11.4 Å².